The Bertz CT molecular complexity index is 940. The molecular formula is C20H18N2O6S. The number of thioether (sulfide) groups is 1. The molecule has 1 fully saturated rings. The van der Waals surface area contributed by atoms with E-state index in [1.807, 2.05) is 0 Å². The van der Waals surface area contributed by atoms with Crippen LogP contribution in [0.15, 0.2) is 53.4 Å². The molecule has 3 rings (SSSR count). The smallest absolute Gasteiger partial charge is 0.293 e. The van der Waals surface area contributed by atoms with Gasteiger partial charge in [-0.15, -0.1) is 0 Å². The predicted molar refractivity (Wildman–Crippen MR) is 108 cm³/mol. The van der Waals surface area contributed by atoms with Crippen molar-refractivity contribution in [1.82, 2.24) is 4.90 Å². The lowest BCUT2D eigenvalue weighted by Crippen LogP contribution is -2.31. The van der Waals surface area contributed by atoms with Gasteiger partial charge in [0.15, 0.2) is 0 Å². The maximum Gasteiger partial charge on any atom is 0.293 e. The van der Waals surface area contributed by atoms with Gasteiger partial charge in [0, 0.05) is 19.2 Å². The van der Waals surface area contributed by atoms with Crippen molar-refractivity contribution in [3.8, 4) is 5.75 Å². The van der Waals surface area contributed by atoms with Crippen LogP contribution < -0.4 is 4.74 Å². The second kappa shape index (κ2) is 9.35. The van der Waals surface area contributed by atoms with Gasteiger partial charge in [-0.3, -0.25) is 24.6 Å². The quantitative estimate of drug-likeness (QED) is 0.367. The highest BCUT2D eigenvalue weighted by molar-refractivity contribution is 8.18. The number of benzene rings is 2. The van der Waals surface area contributed by atoms with Crippen molar-refractivity contribution in [2.75, 3.05) is 20.3 Å². The van der Waals surface area contributed by atoms with Crippen molar-refractivity contribution in [2.24, 2.45) is 0 Å². The molecule has 0 atom stereocenters. The molecule has 8 nitrogen and oxygen atoms in total. The summed E-state index contributed by atoms with van der Waals surface area (Å²) in [5, 5.41) is 10.4. The summed E-state index contributed by atoms with van der Waals surface area (Å²) >= 11 is 0.906. The second-order valence-corrected chi connectivity index (χ2v) is 7.10. The number of carbonyl (C=O) groups excluding carboxylic acids is 2. The second-order valence-electron chi connectivity index (χ2n) is 6.11. The molecule has 1 saturated heterocycles. The zero-order valence-electron chi connectivity index (χ0n) is 15.6. The first-order valence-corrected chi connectivity index (χ1v) is 9.50. The van der Waals surface area contributed by atoms with Gasteiger partial charge in [0.1, 0.15) is 12.4 Å². The zero-order chi connectivity index (χ0) is 20.8. The van der Waals surface area contributed by atoms with Gasteiger partial charge in [0.2, 0.25) is 0 Å². The van der Waals surface area contributed by atoms with Gasteiger partial charge in [-0.05, 0) is 53.2 Å². The molecular weight excluding hydrogens is 396 g/mol. The number of ether oxygens (including phenoxy) is 2. The van der Waals surface area contributed by atoms with Crippen molar-refractivity contribution in [1.29, 1.82) is 0 Å². The van der Waals surface area contributed by atoms with E-state index in [4.69, 9.17) is 9.47 Å². The first kappa shape index (κ1) is 20.6. The van der Waals surface area contributed by atoms with Crippen LogP contribution in [0.5, 0.6) is 5.75 Å². The summed E-state index contributed by atoms with van der Waals surface area (Å²) in [6.45, 7) is 0.801. The van der Waals surface area contributed by atoms with E-state index >= 15 is 0 Å². The third-order valence-corrected chi connectivity index (χ3v) is 5.03. The number of imide groups is 1. The van der Waals surface area contributed by atoms with Gasteiger partial charge in [-0.25, -0.2) is 0 Å². The lowest BCUT2D eigenvalue weighted by molar-refractivity contribution is -0.384. The SMILES string of the molecule is COCCN1C(=O)S/C(=C/c2ccc(OCc3ccc([N+](=O)[O-])cc3)cc2)C1=O. The first-order chi connectivity index (χ1) is 14.0. The number of hydrogen-bond donors (Lipinski definition) is 0. The molecule has 0 radical (unpaired) electrons. The van der Waals surface area contributed by atoms with Crippen LogP contribution in [0.1, 0.15) is 11.1 Å². The Kier molecular flexibility index (Phi) is 6.63. The van der Waals surface area contributed by atoms with Gasteiger partial charge in [-0.2, -0.15) is 0 Å². The van der Waals surface area contributed by atoms with Crippen LogP contribution >= 0.6 is 11.8 Å². The highest BCUT2D eigenvalue weighted by Gasteiger charge is 2.34. The Morgan fingerprint density at radius 2 is 1.79 bits per heavy atom. The highest BCUT2D eigenvalue weighted by Crippen LogP contribution is 2.32. The van der Waals surface area contributed by atoms with E-state index in [-0.39, 0.29) is 30.0 Å². The standard InChI is InChI=1S/C20H18N2O6S/c1-27-11-10-21-19(23)18(29-20(21)24)12-14-4-8-17(9-5-14)28-13-15-2-6-16(7-3-15)22(25)26/h2-9,12H,10-11,13H2,1H3/b18-12+. The molecule has 150 valence electrons. The van der Waals surface area contributed by atoms with Gasteiger partial charge in [-0.1, -0.05) is 12.1 Å². The average Bonchev–Trinajstić information content (AvgIpc) is 2.98. The monoisotopic (exact) mass is 414 g/mol. The van der Waals surface area contributed by atoms with Crippen LogP contribution in [0.2, 0.25) is 0 Å². The number of rotatable bonds is 8. The number of nitro groups is 1. The third kappa shape index (κ3) is 5.21. The van der Waals surface area contributed by atoms with Crippen LogP contribution in [0.3, 0.4) is 0 Å². The minimum absolute atomic E-state index is 0.0322. The Labute approximate surface area is 171 Å². The van der Waals surface area contributed by atoms with Crippen molar-refractivity contribution >= 4 is 34.7 Å². The largest absolute Gasteiger partial charge is 0.489 e. The molecule has 2 aromatic rings. The Morgan fingerprint density at radius 3 is 2.41 bits per heavy atom. The van der Waals surface area contributed by atoms with Crippen LogP contribution in [0, 0.1) is 10.1 Å². The van der Waals surface area contributed by atoms with Gasteiger partial charge in [0.25, 0.3) is 16.8 Å². The molecule has 2 amide bonds. The molecule has 0 bridgehead atoms. The van der Waals surface area contributed by atoms with Crippen LogP contribution in [-0.4, -0.2) is 41.2 Å². The fourth-order valence-corrected chi connectivity index (χ4v) is 3.43. The van der Waals surface area contributed by atoms with Crippen molar-refractivity contribution < 1.29 is 24.0 Å². The Balaban J connectivity index is 1.60. The van der Waals surface area contributed by atoms with Gasteiger partial charge >= 0.3 is 0 Å². The van der Waals surface area contributed by atoms with Crippen molar-refractivity contribution in [3.63, 3.8) is 0 Å². The van der Waals surface area contributed by atoms with Gasteiger partial charge < -0.3 is 9.47 Å². The molecule has 0 N–H and O–H groups in total. The normalized spacial score (nSPS) is 15.2. The number of non-ortho nitro benzene ring substituents is 1. The lowest BCUT2D eigenvalue weighted by Gasteiger charge is -2.10. The summed E-state index contributed by atoms with van der Waals surface area (Å²) in [5.74, 6) is 0.296. The summed E-state index contributed by atoms with van der Waals surface area (Å²) in [7, 11) is 1.51. The first-order valence-electron chi connectivity index (χ1n) is 8.68. The van der Waals surface area contributed by atoms with Crippen molar-refractivity contribution in [3.05, 3.63) is 74.7 Å². The van der Waals surface area contributed by atoms with E-state index < -0.39 is 4.92 Å². The zero-order valence-corrected chi connectivity index (χ0v) is 16.4. The molecule has 0 unspecified atom stereocenters. The minimum atomic E-state index is -0.449. The average molecular weight is 414 g/mol. The molecule has 1 aliphatic heterocycles. The number of carbonyl (C=O) groups is 2. The number of nitrogens with zero attached hydrogens (tertiary/aromatic N) is 2. The van der Waals surface area contributed by atoms with E-state index in [1.165, 1.54) is 24.1 Å². The van der Waals surface area contributed by atoms with Crippen LogP contribution in [0.4, 0.5) is 10.5 Å². The molecule has 0 aliphatic carbocycles. The van der Waals surface area contributed by atoms with Gasteiger partial charge in [0.05, 0.1) is 23.0 Å². The van der Waals surface area contributed by atoms with E-state index in [1.54, 1.807) is 42.5 Å². The molecule has 1 aliphatic rings. The van der Waals surface area contributed by atoms with E-state index in [0.29, 0.717) is 17.3 Å². The topological polar surface area (TPSA) is 99.0 Å². The van der Waals surface area contributed by atoms with E-state index in [0.717, 1.165) is 22.9 Å². The molecule has 0 aromatic heterocycles. The third-order valence-electron chi connectivity index (χ3n) is 4.12. The minimum Gasteiger partial charge on any atom is -0.489 e. The number of amides is 2. The number of hydrogen-bond acceptors (Lipinski definition) is 7. The predicted octanol–water partition coefficient (Wildman–Crippen LogP) is 3.86. The fraction of sp³-hybridized carbons (Fsp3) is 0.200. The summed E-state index contributed by atoms with van der Waals surface area (Å²) in [4.78, 5) is 36.0. The Morgan fingerprint density at radius 1 is 1.10 bits per heavy atom. The molecule has 29 heavy (non-hydrogen) atoms. The Hall–Kier alpha value is -3.17. The fourth-order valence-electron chi connectivity index (χ4n) is 2.57. The summed E-state index contributed by atoms with van der Waals surface area (Å²) in [6, 6.07) is 13.2. The maximum absolute atomic E-state index is 12.3. The number of nitro benzene ring substituents is 1. The van der Waals surface area contributed by atoms with Crippen LogP contribution in [0.25, 0.3) is 6.08 Å². The van der Waals surface area contributed by atoms with Crippen LogP contribution in [-0.2, 0) is 16.1 Å². The lowest BCUT2D eigenvalue weighted by atomic mass is 10.2. The van der Waals surface area contributed by atoms with E-state index in [2.05, 4.69) is 0 Å². The maximum atomic E-state index is 12.3. The summed E-state index contributed by atoms with van der Waals surface area (Å²) < 4.78 is 10.6. The molecule has 2 aromatic carbocycles. The van der Waals surface area contributed by atoms with E-state index in [9.17, 15) is 19.7 Å². The summed E-state index contributed by atoms with van der Waals surface area (Å²) in [5.41, 5.74) is 1.61. The van der Waals surface area contributed by atoms with Crippen molar-refractivity contribution in [2.45, 2.75) is 6.61 Å². The molecule has 0 saturated carbocycles. The summed E-state index contributed by atoms with van der Waals surface area (Å²) in [6.07, 6.45) is 1.66. The highest BCUT2D eigenvalue weighted by atomic mass is 32.2. The molecule has 1 heterocycles. The molecule has 9 heteroatoms. The number of methoxy groups -OCH3 is 1. The molecule has 0 spiro atoms.